The monoisotopic (exact) mass is 400 g/mol. The fourth-order valence-electron chi connectivity index (χ4n) is 3.17. The highest BCUT2D eigenvalue weighted by Gasteiger charge is 2.21. The minimum absolute atomic E-state index is 0.0935. The number of hydrogen-bond donors (Lipinski definition) is 2. The number of carbonyl (C=O) groups excluding carboxylic acids is 2. The first kappa shape index (κ1) is 20.8. The Morgan fingerprint density at radius 1 is 0.931 bits per heavy atom. The molecule has 1 heterocycles. The zero-order valence-electron chi connectivity index (χ0n) is 16.4. The largest absolute Gasteiger partial charge is 0.497 e. The normalized spacial score (nSPS) is 15.0. The molecule has 0 atom stereocenters. The van der Waals surface area contributed by atoms with Crippen LogP contribution in [0.15, 0.2) is 48.5 Å². The molecule has 2 amide bonds. The van der Waals surface area contributed by atoms with E-state index in [1.807, 2.05) is 28.0 Å². The van der Waals surface area contributed by atoms with Gasteiger partial charge in [0.15, 0.2) is 0 Å². The Hall–Kier alpha value is -2.97. The van der Waals surface area contributed by atoms with Gasteiger partial charge in [-0.2, -0.15) is 0 Å². The summed E-state index contributed by atoms with van der Waals surface area (Å²) < 4.78 is 18.8. The van der Waals surface area contributed by atoms with E-state index in [0.29, 0.717) is 37.6 Å². The molecule has 1 aliphatic heterocycles. The van der Waals surface area contributed by atoms with Crippen LogP contribution in [-0.2, 0) is 9.59 Å². The van der Waals surface area contributed by atoms with Crippen molar-refractivity contribution in [3.8, 4) is 5.75 Å². The van der Waals surface area contributed by atoms with Crippen molar-refractivity contribution in [2.75, 3.05) is 57.0 Å². The Bertz CT molecular complexity index is 853. The lowest BCUT2D eigenvalue weighted by molar-refractivity contribution is -0.120. The molecule has 0 radical (unpaired) electrons. The number of nitrogens with one attached hydrogen (secondary N) is 2. The Labute approximate surface area is 169 Å². The minimum Gasteiger partial charge on any atom is -0.497 e. The summed E-state index contributed by atoms with van der Waals surface area (Å²) in [6.45, 7) is 3.16. The van der Waals surface area contributed by atoms with Crippen molar-refractivity contribution in [3.05, 3.63) is 54.3 Å². The van der Waals surface area contributed by atoms with Crippen LogP contribution in [0.1, 0.15) is 0 Å². The summed E-state index contributed by atoms with van der Waals surface area (Å²) in [6, 6.07) is 13.3. The molecule has 1 fully saturated rings. The molecule has 2 aromatic carbocycles. The predicted molar refractivity (Wildman–Crippen MR) is 110 cm³/mol. The highest BCUT2D eigenvalue weighted by atomic mass is 19.1. The maximum Gasteiger partial charge on any atom is 0.238 e. The van der Waals surface area contributed by atoms with Gasteiger partial charge in [0.25, 0.3) is 0 Å². The quantitative estimate of drug-likeness (QED) is 0.744. The van der Waals surface area contributed by atoms with Gasteiger partial charge in [0, 0.05) is 37.9 Å². The fraction of sp³-hybridized carbons (Fsp3) is 0.333. The van der Waals surface area contributed by atoms with Gasteiger partial charge in [0.2, 0.25) is 11.8 Å². The number of carbonyl (C=O) groups is 2. The summed E-state index contributed by atoms with van der Waals surface area (Å²) in [5, 5.41) is 5.46. The minimum atomic E-state index is -0.451. The van der Waals surface area contributed by atoms with E-state index in [1.54, 1.807) is 25.3 Å². The number of benzene rings is 2. The Morgan fingerprint density at radius 2 is 1.55 bits per heavy atom. The third-order valence-corrected chi connectivity index (χ3v) is 4.70. The van der Waals surface area contributed by atoms with E-state index in [2.05, 4.69) is 10.6 Å². The first-order valence-corrected chi connectivity index (χ1v) is 9.46. The average Bonchev–Trinajstić information content (AvgIpc) is 2.71. The van der Waals surface area contributed by atoms with E-state index in [9.17, 15) is 14.0 Å². The number of amides is 2. The molecule has 2 N–H and O–H groups in total. The molecule has 8 heteroatoms. The van der Waals surface area contributed by atoms with Gasteiger partial charge >= 0.3 is 0 Å². The maximum absolute atomic E-state index is 13.6. The molecule has 2 aromatic rings. The van der Waals surface area contributed by atoms with Gasteiger partial charge in [0.05, 0.1) is 25.9 Å². The molecule has 154 valence electrons. The van der Waals surface area contributed by atoms with E-state index in [1.165, 1.54) is 12.1 Å². The van der Waals surface area contributed by atoms with E-state index < -0.39 is 5.82 Å². The smallest absolute Gasteiger partial charge is 0.238 e. The van der Waals surface area contributed by atoms with Crippen molar-refractivity contribution < 1.29 is 18.7 Å². The van der Waals surface area contributed by atoms with Crippen LogP contribution in [0.25, 0.3) is 0 Å². The van der Waals surface area contributed by atoms with Crippen LogP contribution >= 0.6 is 0 Å². The fourth-order valence-corrected chi connectivity index (χ4v) is 3.17. The second kappa shape index (κ2) is 9.99. The highest BCUT2D eigenvalue weighted by molar-refractivity contribution is 5.93. The Balaban J connectivity index is 1.40. The molecule has 0 saturated carbocycles. The SMILES string of the molecule is COc1cccc(NC(=O)CN2CCN(CC(=O)Nc3ccccc3F)CC2)c1. The van der Waals surface area contributed by atoms with Crippen molar-refractivity contribution in [1.29, 1.82) is 0 Å². The van der Waals surface area contributed by atoms with Crippen LogP contribution < -0.4 is 15.4 Å². The molecule has 1 aliphatic rings. The first-order chi connectivity index (χ1) is 14.0. The molecule has 7 nitrogen and oxygen atoms in total. The lowest BCUT2D eigenvalue weighted by Gasteiger charge is -2.33. The van der Waals surface area contributed by atoms with E-state index >= 15 is 0 Å². The average molecular weight is 400 g/mol. The molecule has 1 saturated heterocycles. The summed E-state index contributed by atoms with van der Waals surface area (Å²) in [5.41, 5.74) is 0.878. The van der Waals surface area contributed by atoms with Crippen molar-refractivity contribution in [2.24, 2.45) is 0 Å². The standard InChI is InChI=1S/C21H25FN4O3/c1-29-17-6-4-5-16(13-17)23-20(27)14-25-9-11-26(12-10-25)15-21(28)24-19-8-3-2-7-18(19)22/h2-8,13H,9-12,14-15H2,1H3,(H,23,27)(H,24,28). The summed E-state index contributed by atoms with van der Waals surface area (Å²) in [7, 11) is 1.58. The number of hydrogen-bond acceptors (Lipinski definition) is 5. The number of methoxy groups -OCH3 is 1. The molecule has 0 aliphatic carbocycles. The van der Waals surface area contributed by atoms with Gasteiger partial charge < -0.3 is 15.4 Å². The summed E-state index contributed by atoms with van der Waals surface area (Å²) in [5.74, 6) is -0.110. The van der Waals surface area contributed by atoms with Gasteiger partial charge in [0.1, 0.15) is 11.6 Å². The lowest BCUT2D eigenvalue weighted by Crippen LogP contribution is -2.50. The molecule has 29 heavy (non-hydrogen) atoms. The van der Waals surface area contributed by atoms with Gasteiger partial charge in [-0.15, -0.1) is 0 Å². The molecule has 0 unspecified atom stereocenters. The Morgan fingerprint density at radius 3 is 2.17 bits per heavy atom. The summed E-state index contributed by atoms with van der Waals surface area (Å²) >= 11 is 0. The first-order valence-electron chi connectivity index (χ1n) is 9.46. The zero-order chi connectivity index (χ0) is 20.6. The van der Waals surface area contributed by atoms with Gasteiger partial charge in [-0.1, -0.05) is 18.2 Å². The maximum atomic E-state index is 13.6. The van der Waals surface area contributed by atoms with Crippen LogP contribution in [0.2, 0.25) is 0 Å². The number of rotatable bonds is 7. The van der Waals surface area contributed by atoms with Crippen LogP contribution in [-0.4, -0.2) is 68.0 Å². The third kappa shape index (κ3) is 6.27. The summed E-state index contributed by atoms with van der Waals surface area (Å²) in [6.07, 6.45) is 0. The van der Waals surface area contributed by atoms with Crippen LogP contribution in [0.4, 0.5) is 15.8 Å². The zero-order valence-corrected chi connectivity index (χ0v) is 16.4. The van der Waals surface area contributed by atoms with E-state index in [-0.39, 0.29) is 30.6 Å². The third-order valence-electron chi connectivity index (χ3n) is 4.70. The summed E-state index contributed by atoms with van der Waals surface area (Å²) in [4.78, 5) is 28.4. The lowest BCUT2D eigenvalue weighted by atomic mass is 10.2. The number of ether oxygens (including phenoxy) is 1. The molecular weight excluding hydrogens is 375 g/mol. The number of halogens is 1. The van der Waals surface area contributed by atoms with Crippen molar-refractivity contribution in [3.63, 3.8) is 0 Å². The van der Waals surface area contributed by atoms with Crippen LogP contribution in [0.5, 0.6) is 5.75 Å². The molecule has 0 bridgehead atoms. The molecule has 0 spiro atoms. The molecule has 0 aromatic heterocycles. The Kier molecular flexibility index (Phi) is 7.15. The van der Waals surface area contributed by atoms with Crippen molar-refractivity contribution >= 4 is 23.2 Å². The number of nitrogens with zero attached hydrogens (tertiary/aromatic N) is 2. The molecule has 3 rings (SSSR count). The molecular formula is C21H25FN4O3. The highest BCUT2D eigenvalue weighted by Crippen LogP contribution is 2.17. The van der Waals surface area contributed by atoms with E-state index in [4.69, 9.17) is 4.74 Å². The predicted octanol–water partition coefficient (Wildman–Crippen LogP) is 2.03. The topological polar surface area (TPSA) is 73.9 Å². The van der Waals surface area contributed by atoms with Gasteiger partial charge in [-0.25, -0.2) is 4.39 Å². The van der Waals surface area contributed by atoms with Gasteiger partial charge in [-0.3, -0.25) is 19.4 Å². The second-order valence-corrected chi connectivity index (χ2v) is 6.86. The van der Waals surface area contributed by atoms with Crippen molar-refractivity contribution in [1.82, 2.24) is 9.80 Å². The number of para-hydroxylation sites is 1. The number of piperazine rings is 1. The number of anilines is 2. The van der Waals surface area contributed by atoms with Crippen LogP contribution in [0.3, 0.4) is 0 Å². The van der Waals surface area contributed by atoms with Crippen LogP contribution in [0, 0.1) is 5.82 Å². The van der Waals surface area contributed by atoms with Gasteiger partial charge in [-0.05, 0) is 24.3 Å². The second-order valence-electron chi connectivity index (χ2n) is 6.86. The van der Waals surface area contributed by atoms with E-state index in [0.717, 1.165) is 0 Å². The van der Waals surface area contributed by atoms with Crippen molar-refractivity contribution in [2.45, 2.75) is 0 Å².